The summed E-state index contributed by atoms with van der Waals surface area (Å²) < 4.78 is 0. The van der Waals surface area contributed by atoms with Crippen LogP contribution in [0.25, 0.3) is 0 Å². The van der Waals surface area contributed by atoms with Gasteiger partial charge in [0, 0.05) is 0 Å². The van der Waals surface area contributed by atoms with E-state index < -0.39 is 0 Å². The van der Waals surface area contributed by atoms with Crippen LogP contribution in [0.4, 0.5) is 0 Å². The van der Waals surface area contributed by atoms with Gasteiger partial charge >= 0.3 is 0 Å². The molecule has 0 saturated heterocycles. The largest absolute Gasteiger partial charge is 0.507 e. The Bertz CT molecular complexity index is 292. The summed E-state index contributed by atoms with van der Waals surface area (Å²) in [4.78, 5) is 0. The van der Waals surface area contributed by atoms with Crippen LogP contribution in [0.5, 0.6) is 5.75 Å². The zero-order valence-electron chi connectivity index (χ0n) is 9.59. The fourth-order valence-corrected chi connectivity index (χ4v) is 1.71. The number of phenolic OH excluding ortho intramolecular Hbond substituents is 1. The predicted octanol–water partition coefficient (Wildman–Crippen LogP) is 3.60. The van der Waals surface area contributed by atoms with Gasteiger partial charge in [0.1, 0.15) is 5.75 Å². The first-order valence-electron chi connectivity index (χ1n) is 5.33. The van der Waals surface area contributed by atoms with Crippen molar-refractivity contribution in [1.29, 1.82) is 0 Å². The molecule has 1 unspecified atom stereocenters. The van der Waals surface area contributed by atoms with E-state index in [9.17, 15) is 5.11 Å². The Morgan fingerprint density at radius 1 is 1.21 bits per heavy atom. The molecule has 0 radical (unpaired) electrons. The van der Waals surface area contributed by atoms with E-state index in [0.717, 1.165) is 23.5 Å². The van der Waals surface area contributed by atoms with Crippen LogP contribution in [0.1, 0.15) is 37.0 Å². The molecule has 0 aromatic heterocycles. The SMILES string of the molecule is CCC(C)Cc1cc(C)c(O)c(C)c1. The van der Waals surface area contributed by atoms with E-state index in [1.165, 1.54) is 12.0 Å². The maximum absolute atomic E-state index is 9.62. The minimum atomic E-state index is 0.443. The molecular formula is C13H20O. The van der Waals surface area contributed by atoms with Crippen molar-refractivity contribution in [2.45, 2.75) is 40.5 Å². The molecule has 0 spiro atoms. The molecule has 1 aromatic carbocycles. The summed E-state index contributed by atoms with van der Waals surface area (Å²) in [6.07, 6.45) is 2.32. The molecule has 0 aliphatic carbocycles. The molecule has 0 amide bonds. The lowest BCUT2D eigenvalue weighted by atomic mass is 9.96. The molecule has 0 bridgehead atoms. The van der Waals surface area contributed by atoms with E-state index in [1.54, 1.807) is 0 Å². The summed E-state index contributed by atoms with van der Waals surface area (Å²) in [5.41, 5.74) is 3.32. The zero-order chi connectivity index (χ0) is 10.7. The van der Waals surface area contributed by atoms with Crippen LogP contribution in [0.2, 0.25) is 0 Å². The molecule has 0 saturated carbocycles. The Balaban J connectivity index is 2.89. The number of aryl methyl sites for hydroxylation is 2. The van der Waals surface area contributed by atoms with Crippen molar-refractivity contribution in [3.05, 3.63) is 28.8 Å². The van der Waals surface area contributed by atoms with Crippen molar-refractivity contribution in [3.63, 3.8) is 0 Å². The summed E-state index contributed by atoms with van der Waals surface area (Å²) in [6.45, 7) is 8.40. The van der Waals surface area contributed by atoms with Gasteiger partial charge in [-0.05, 0) is 42.9 Å². The number of rotatable bonds is 3. The zero-order valence-corrected chi connectivity index (χ0v) is 9.59. The average Bonchev–Trinajstić information content (AvgIpc) is 2.14. The number of hydrogen-bond donors (Lipinski definition) is 1. The summed E-state index contributed by atoms with van der Waals surface area (Å²) in [7, 11) is 0. The van der Waals surface area contributed by atoms with Gasteiger partial charge in [-0.2, -0.15) is 0 Å². The van der Waals surface area contributed by atoms with Gasteiger partial charge in [0.05, 0.1) is 0 Å². The summed E-state index contributed by atoms with van der Waals surface area (Å²) in [5, 5.41) is 9.62. The summed E-state index contributed by atoms with van der Waals surface area (Å²) >= 11 is 0. The van der Waals surface area contributed by atoms with E-state index in [0.29, 0.717) is 5.75 Å². The van der Waals surface area contributed by atoms with Gasteiger partial charge in [0.15, 0.2) is 0 Å². The molecule has 14 heavy (non-hydrogen) atoms. The highest BCUT2D eigenvalue weighted by molar-refractivity contribution is 5.42. The molecule has 0 heterocycles. The summed E-state index contributed by atoms with van der Waals surface area (Å²) in [6, 6.07) is 4.18. The van der Waals surface area contributed by atoms with Crippen LogP contribution in [0.3, 0.4) is 0 Å². The lowest BCUT2D eigenvalue weighted by molar-refractivity contribution is 0.466. The fourth-order valence-electron chi connectivity index (χ4n) is 1.71. The van der Waals surface area contributed by atoms with Gasteiger partial charge in [-0.1, -0.05) is 32.4 Å². The lowest BCUT2D eigenvalue weighted by Crippen LogP contribution is -1.98. The second-order valence-electron chi connectivity index (χ2n) is 4.30. The fraction of sp³-hybridized carbons (Fsp3) is 0.538. The van der Waals surface area contributed by atoms with Crippen molar-refractivity contribution in [2.24, 2.45) is 5.92 Å². The molecule has 1 nitrogen and oxygen atoms in total. The maximum atomic E-state index is 9.62. The Hall–Kier alpha value is -0.980. The Labute approximate surface area is 86.8 Å². The molecule has 0 fully saturated rings. The normalized spacial score (nSPS) is 12.9. The van der Waals surface area contributed by atoms with Crippen molar-refractivity contribution >= 4 is 0 Å². The number of benzene rings is 1. The number of phenols is 1. The van der Waals surface area contributed by atoms with E-state index in [4.69, 9.17) is 0 Å². The van der Waals surface area contributed by atoms with Gasteiger partial charge in [0.2, 0.25) is 0 Å². The van der Waals surface area contributed by atoms with Gasteiger partial charge in [-0.3, -0.25) is 0 Å². The van der Waals surface area contributed by atoms with E-state index >= 15 is 0 Å². The molecule has 1 rings (SSSR count). The first-order chi connectivity index (χ1) is 6.54. The maximum Gasteiger partial charge on any atom is 0.121 e. The van der Waals surface area contributed by atoms with Gasteiger partial charge in [-0.25, -0.2) is 0 Å². The highest BCUT2D eigenvalue weighted by Gasteiger charge is 2.06. The minimum absolute atomic E-state index is 0.443. The molecule has 78 valence electrons. The lowest BCUT2D eigenvalue weighted by Gasteiger charge is -2.11. The van der Waals surface area contributed by atoms with Crippen molar-refractivity contribution < 1.29 is 5.11 Å². The Kier molecular flexibility index (Phi) is 3.56. The Morgan fingerprint density at radius 3 is 2.14 bits per heavy atom. The monoisotopic (exact) mass is 192 g/mol. The third-order valence-electron chi connectivity index (χ3n) is 2.83. The second-order valence-corrected chi connectivity index (χ2v) is 4.30. The summed E-state index contributed by atoms with van der Waals surface area (Å²) in [5.74, 6) is 1.16. The predicted molar refractivity (Wildman–Crippen MR) is 60.7 cm³/mol. The van der Waals surface area contributed by atoms with E-state index in [-0.39, 0.29) is 0 Å². The third kappa shape index (κ3) is 2.50. The Morgan fingerprint density at radius 2 is 1.71 bits per heavy atom. The van der Waals surface area contributed by atoms with Crippen LogP contribution in [-0.4, -0.2) is 5.11 Å². The van der Waals surface area contributed by atoms with Crippen molar-refractivity contribution in [1.82, 2.24) is 0 Å². The smallest absolute Gasteiger partial charge is 0.121 e. The number of hydrogen-bond acceptors (Lipinski definition) is 1. The van der Waals surface area contributed by atoms with E-state index in [2.05, 4.69) is 26.0 Å². The highest BCUT2D eigenvalue weighted by atomic mass is 16.3. The molecule has 1 heteroatoms. The topological polar surface area (TPSA) is 20.2 Å². The van der Waals surface area contributed by atoms with Crippen LogP contribution < -0.4 is 0 Å². The van der Waals surface area contributed by atoms with Crippen LogP contribution in [0, 0.1) is 19.8 Å². The standard InChI is InChI=1S/C13H20O/c1-5-9(2)6-12-7-10(3)13(14)11(4)8-12/h7-9,14H,5-6H2,1-4H3. The van der Waals surface area contributed by atoms with Gasteiger partial charge in [-0.15, -0.1) is 0 Å². The van der Waals surface area contributed by atoms with Crippen LogP contribution >= 0.6 is 0 Å². The quantitative estimate of drug-likeness (QED) is 0.775. The van der Waals surface area contributed by atoms with Gasteiger partial charge in [0.25, 0.3) is 0 Å². The first-order valence-corrected chi connectivity index (χ1v) is 5.33. The molecular weight excluding hydrogens is 172 g/mol. The minimum Gasteiger partial charge on any atom is -0.507 e. The molecule has 0 aliphatic heterocycles. The third-order valence-corrected chi connectivity index (χ3v) is 2.83. The van der Waals surface area contributed by atoms with Gasteiger partial charge < -0.3 is 5.11 Å². The van der Waals surface area contributed by atoms with Crippen molar-refractivity contribution in [3.8, 4) is 5.75 Å². The highest BCUT2D eigenvalue weighted by Crippen LogP contribution is 2.24. The average molecular weight is 192 g/mol. The molecule has 0 aliphatic rings. The number of aromatic hydroxyl groups is 1. The first kappa shape index (κ1) is 11.1. The van der Waals surface area contributed by atoms with Crippen LogP contribution in [-0.2, 0) is 6.42 Å². The molecule has 1 aromatic rings. The molecule has 1 atom stereocenters. The second kappa shape index (κ2) is 4.50. The molecule has 1 N–H and O–H groups in total. The van der Waals surface area contributed by atoms with Crippen molar-refractivity contribution in [2.75, 3.05) is 0 Å². The van der Waals surface area contributed by atoms with E-state index in [1.807, 2.05) is 13.8 Å². The van der Waals surface area contributed by atoms with Crippen LogP contribution in [0.15, 0.2) is 12.1 Å².